The molecule has 0 unspecified atom stereocenters. The average Bonchev–Trinajstić information content (AvgIpc) is 3.41. The van der Waals surface area contributed by atoms with E-state index in [-0.39, 0.29) is 22.8 Å². The Morgan fingerprint density at radius 3 is 2.59 bits per heavy atom. The van der Waals surface area contributed by atoms with Crippen LogP contribution in [0.1, 0.15) is 82.5 Å². The van der Waals surface area contributed by atoms with E-state index in [1.165, 1.54) is 44.9 Å². The van der Waals surface area contributed by atoms with Gasteiger partial charge in [0.2, 0.25) is 5.88 Å². The van der Waals surface area contributed by atoms with Crippen LogP contribution in [0.2, 0.25) is 0 Å². The molecule has 2 bridgehead atoms. The Hall–Kier alpha value is -1.60. The van der Waals surface area contributed by atoms with Crippen molar-refractivity contribution in [2.45, 2.75) is 84.7 Å². The molecule has 1 amide bonds. The first kappa shape index (κ1) is 24.1. The molecule has 3 atom stereocenters. The van der Waals surface area contributed by atoms with Gasteiger partial charge in [-0.25, -0.2) is 4.68 Å². The molecule has 5 rings (SSSR count). The zero-order valence-corrected chi connectivity index (χ0v) is 21.6. The smallest absolute Gasteiger partial charge is 0.258 e. The first-order valence-electron chi connectivity index (χ1n) is 13.8. The van der Waals surface area contributed by atoms with Crippen molar-refractivity contribution in [2.24, 2.45) is 22.7 Å². The number of carbonyl (C=O) groups is 1. The molecule has 3 saturated carbocycles. The van der Waals surface area contributed by atoms with Crippen molar-refractivity contribution in [1.29, 1.82) is 0 Å². The molecule has 7 heteroatoms. The number of ether oxygens (including phenoxy) is 1. The van der Waals surface area contributed by atoms with Gasteiger partial charge in [0.25, 0.3) is 5.91 Å². The van der Waals surface area contributed by atoms with Crippen LogP contribution in [0.4, 0.5) is 0 Å². The van der Waals surface area contributed by atoms with Crippen molar-refractivity contribution in [3.8, 4) is 5.88 Å². The number of carbonyl (C=O) groups excluding carboxylic acids is 1. The summed E-state index contributed by atoms with van der Waals surface area (Å²) in [6, 6.07) is 0.226. The van der Waals surface area contributed by atoms with E-state index in [9.17, 15) is 4.79 Å². The normalized spacial score (nSPS) is 31.6. The second kappa shape index (κ2) is 9.81. The van der Waals surface area contributed by atoms with Crippen LogP contribution in [-0.2, 0) is 6.54 Å². The van der Waals surface area contributed by atoms with Crippen LogP contribution in [0.15, 0.2) is 6.20 Å². The third kappa shape index (κ3) is 4.50. The summed E-state index contributed by atoms with van der Waals surface area (Å²) >= 11 is 0. The molecule has 1 aromatic rings. The highest BCUT2D eigenvalue weighted by Crippen LogP contribution is 2.65. The van der Waals surface area contributed by atoms with Crippen LogP contribution < -0.4 is 15.4 Å². The number of fused-ring (bicyclic) bond motifs is 2. The summed E-state index contributed by atoms with van der Waals surface area (Å²) in [5.74, 6) is 1.95. The quantitative estimate of drug-likeness (QED) is 0.605. The van der Waals surface area contributed by atoms with Gasteiger partial charge in [-0.3, -0.25) is 9.69 Å². The Labute approximate surface area is 205 Å². The van der Waals surface area contributed by atoms with Gasteiger partial charge in [0.05, 0.1) is 19.3 Å². The zero-order valence-electron chi connectivity index (χ0n) is 21.6. The van der Waals surface area contributed by atoms with E-state index in [1.807, 2.05) is 4.68 Å². The molecular weight excluding hydrogens is 426 g/mol. The van der Waals surface area contributed by atoms with E-state index in [4.69, 9.17) is 4.74 Å². The van der Waals surface area contributed by atoms with Gasteiger partial charge in [0, 0.05) is 38.8 Å². The molecule has 4 fully saturated rings. The molecule has 7 nitrogen and oxygen atoms in total. The molecule has 1 aromatic heterocycles. The van der Waals surface area contributed by atoms with Gasteiger partial charge in [-0.1, -0.05) is 40.0 Å². The largest absolute Gasteiger partial charge is 0.477 e. The minimum atomic E-state index is -0.0124. The number of hydrogen-bond donors (Lipinski definition) is 2. The third-order valence-electron chi connectivity index (χ3n) is 10.2. The minimum absolute atomic E-state index is 0.0124. The highest BCUT2D eigenvalue weighted by molar-refractivity contribution is 5.96. The van der Waals surface area contributed by atoms with Gasteiger partial charge >= 0.3 is 0 Å². The van der Waals surface area contributed by atoms with Crippen LogP contribution in [0, 0.1) is 22.7 Å². The molecule has 0 spiro atoms. The number of piperazine rings is 1. The molecule has 0 radical (unpaired) electrons. The Kier molecular flexibility index (Phi) is 6.95. The molecule has 3 aliphatic carbocycles. The van der Waals surface area contributed by atoms with E-state index >= 15 is 0 Å². The fourth-order valence-electron chi connectivity index (χ4n) is 7.22. The van der Waals surface area contributed by atoms with Crippen molar-refractivity contribution in [1.82, 2.24) is 25.3 Å². The lowest BCUT2D eigenvalue weighted by molar-refractivity contribution is 0.0820. The number of hydrogen-bond acceptors (Lipinski definition) is 5. The fourth-order valence-corrected chi connectivity index (χ4v) is 7.22. The lowest BCUT2D eigenvalue weighted by Crippen LogP contribution is -2.46. The molecule has 2 heterocycles. The first-order valence-corrected chi connectivity index (χ1v) is 13.8. The van der Waals surface area contributed by atoms with Gasteiger partial charge in [-0.05, 0) is 54.8 Å². The summed E-state index contributed by atoms with van der Waals surface area (Å²) in [5.41, 5.74) is 1.05. The van der Waals surface area contributed by atoms with Crippen molar-refractivity contribution in [3.63, 3.8) is 0 Å². The molecule has 0 aromatic carbocycles. The second-order valence-electron chi connectivity index (χ2n) is 12.1. The molecule has 1 saturated heterocycles. The average molecular weight is 472 g/mol. The summed E-state index contributed by atoms with van der Waals surface area (Å²) in [5, 5.41) is 11.5. The fraction of sp³-hybridized carbons (Fsp3) is 0.852. The highest BCUT2D eigenvalue weighted by atomic mass is 16.5. The summed E-state index contributed by atoms with van der Waals surface area (Å²) < 4.78 is 8.35. The number of amides is 1. The Morgan fingerprint density at radius 1 is 1.15 bits per heavy atom. The van der Waals surface area contributed by atoms with E-state index in [0.717, 1.165) is 45.7 Å². The predicted molar refractivity (Wildman–Crippen MR) is 134 cm³/mol. The standard InChI is InChI=1S/C27H45N5O2/c1-26(2)21-9-10-27(26,3)23(17-21)30-24(33)22-18-29-32(16-15-31-13-11-28-12-14-31)25(22)34-19-20-7-5-4-6-8-20/h18,20-21,23,28H,4-17,19H2,1-3H3,(H,30,33)/t21-,23+,27-/m0/s1. The maximum Gasteiger partial charge on any atom is 0.258 e. The zero-order chi connectivity index (χ0) is 23.8. The van der Waals surface area contributed by atoms with Crippen LogP contribution in [0.3, 0.4) is 0 Å². The molecule has 2 N–H and O–H groups in total. The van der Waals surface area contributed by atoms with Crippen molar-refractivity contribution < 1.29 is 9.53 Å². The van der Waals surface area contributed by atoms with E-state index in [0.29, 0.717) is 29.9 Å². The number of rotatable bonds is 8. The van der Waals surface area contributed by atoms with Crippen LogP contribution >= 0.6 is 0 Å². The lowest BCUT2D eigenvalue weighted by Gasteiger charge is -2.39. The van der Waals surface area contributed by atoms with Gasteiger partial charge < -0.3 is 15.4 Å². The minimum Gasteiger partial charge on any atom is -0.477 e. The molecule has 34 heavy (non-hydrogen) atoms. The number of nitrogens with one attached hydrogen (secondary N) is 2. The van der Waals surface area contributed by atoms with Crippen molar-refractivity contribution in [3.05, 3.63) is 11.8 Å². The Balaban J connectivity index is 1.29. The van der Waals surface area contributed by atoms with Crippen LogP contribution in [0.25, 0.3) is 0 Å². The monoisotopic (exact) mass is 471 g/mol. The summed E-state index contributed by atoms with van der Waals surface area (Å²) in [7, 11) is 0. The second-order valence-corrected chi connectivity index (χ2v) is 12.1. The highest BCUT2D eigenvalue weighted by Gasteiger charge is 2.61. The molecule has 4 aliphatic rings. The molecular formula is C27H45N5O2. The maximum absolute atomic E-state index is 13.6. The predicted octanol–water partition coefficient (Wildman–Crippen LogP) is 3.69. The maximum atomic E-state index is 13.6. The Morgan fingerprint density at radius 2 is 1.91 bits per heavy atom. The summed E-state index contributed by atoms with van der Waals surface area (Å²) in [6.07, 6.45) is 11.7. The third-order valence-corrected chi connectivity index (χ3v) is 10.2. The van der Waals surface area contributed by atoms with E-state index in [2.05, 4.69) is 41.4 Å². The van der Waals surface area contributed by atoms with Gasteiger partial charge in [0.15, 0.2) is 0 Å². The summed E-state index contributed by atoms with van der Waals surface area (Å²) in [6.45, 7) is 13.7. The molecule has 1 aliphatic heterocycles. The Bertz CT molecular complexity index is 855. The first-order chi connectivity index (χ1) is 16.4. The van der Waals surface area contributed by atoms with Crippen LogP contribution in [0.5, 0.6) is 5.88 Å². The topological polar surface area (TPSA) is 71.4 Å². The molecule has 190 valence electrons. The van der Waals surface area contributed by atoms with E-state index < -0.39 is 0 Å². The van der Waals surface area contributed by atoms with Gasteiger partial charge in [-0.15, -0.1) is 0 Å². The number of aromatic nitrogens is 2. The summed E-state index contributed by atoms with van der Waals surface area (Å²) in [4.78, 5) is 16.0. The van der Waals surface area contributed by atoms with Crippen LogP contribution in [-0.4, -0.2) is 66.0 Å². The number of nitrogens with zero attached hydrogens (tertiary/aromatic N) is 3. The van der Waals surface area contributed by atoms with Gasteiger partial charge in [0.1, 0.15) is 5.56 Å². The lowest BCUT2D eigenvalue weighted by atomic mass is 9.69. The van der Waals surface area contributed by atoms with E-state index in [1.54, 1.807) is 6.20 Å². The van der Waals surface area contributed by atoms with Crippen molar-refractivity contribution >= 4 is 5.91 Å². The van der Waals surface area contributed by atoms with Gasteiger partial charge in [-0.2, -0.15) is 5.10 Å². The van der Waals surface area contributed by atoms with Crippen molar-refractivity contribution in [2.75, 3.05) is 39.3 Å². The SMILES string of the molecule is CC1(C)[C@H]2CC[C@@]1(C)[C@H](NC(=O)c1cnn(CCN3CCNCC3)c1OCC1CCCCC1)C2.